The van der Waals surface area contributed by atoms with E-state index in [9.17, 15) is 4.79 Å². The van der Waals surface area contributed by atoms with Crippen molar-refractivity contribution in [2.75, 3.05) is 42.9 Å². The molecule has 5 nitrogen and oxygen atoms in total. The summed E-state index contributed by atoms with van der Waals surface area (Å²) in [5.41, 5.74) is 1.91. The molecule has 0 saturated carbocycles. The summed E-state index contributed by atoms with van der Waals surface area (Å²) in [6, 6.07) is 7.89. The van der Waals surface area contributed by atoms with E-state index in [1.54, 1.807) is 0 Å². The van der Waals surface area contributed by atoms with Crippen molar-refractivity contribution >= 4 is 34.6 Å². The molecule has 2 aliphatic rings. The van der Waals surface area contributed by atoms with E-state index in [2.05, 4.69) is 15.5 Å². The number of amides is 1. The molecule has 1 aromatic rings. The summed E-state index contributed by atoms with van der Waals surface area (Å²) in [6.45, 7) is 5.35. The van der Waals surface area contributed by atoms with Crippen molar-refractivity contribution in [2.45, 2.75) is 32.1 Å². The molecule has 0 radical (unpaired) electrons. The summed E-state index contributed by atoms with van der Waals surface area (Å²) in [5, 5.41) is 7.12. The largest absolute Gasteiger partial charge is 0.362 e. The van der Waals surface area contributed by atoms with Gasteiger partial charge in [0.2, 0.25) is 5.91 Å². The zero-order valence-electron chi connectivity index (χ0n) is 14.1. The number of carbonyl (C=O) groups excluding carboxylic acids is 1. The normalized spacial score (nSPS) is 18.2. The van der Waals surface area contributed by atoms with Gasteiger partial charge in [0.1, 0.15) is 0 Å². The van der Waals surface area contributed by atoms with Gasteiger partial charge < -0.3 is 20.4 Å². The fraction of sp³-hybridized carbons (Fsp3) is 0.556. The summed E-state index contributed by atoms with van der Waals surface area (Å²) in [6.07, 6.45) is 5.40. The van der Waals surface area contributed by atoms with E-state index in [-0.39, 0.29) is 5.91 Å². The highest BCUT2D eigenvalue weighted by Crippen LogP contribution is 2.22. The highest BCUT2D eigenvalue weighted by molar-refractivity contribution is 7.80. The molecule has 2 heterocycles. The molecule has 0 spiro atoms. The number of nitrogens with one attached hydrogen (secondary N) is 2. The van der Waals surface area contributed by atoms with Gasteiger partial charge in [0.05, 0.1) is 0 Å². The molecule has 2 aliphatic heterocycles. The van der Waals surface area contributed by atoms with E-state index in [0.717, 1.165) is 43.9 Å². The number of likely N-dealkylation sites (tertiary alicyclic amines) is 1. The zero-order chi connectivity index (χ0) is 16.8. The van der Waals surface area contributed by atoms with Crippen LogP contribution < -0.4 is 15.5 Å². The predicted molar refractivity (Wildman–Crippen MR) is 103 cm³/mol. The third-order valence-corrected chi connectivity index (χ3v) is 4.89. The first-order valence-electron chi connectivity index (χ1n) is 8.90. The van der Waals surface area contributed by atoms with E-state index < -0.39 is 0 Å². The van der Waals surface area contributed by atoms with Crippen molar-refractivity contribution in [3.8, 4) is 0 Å². The maximum Gasteiger partial charge on any atom is 0.227 e. The second-order valence-electron chi connectivity index (χ2n) is 6.48. The fourth-order valence-electron chi connectivity index (χ4n) is 3.33. The average Bonchev–Trinajstić information content (AvgIpc) is 3.24. The number of thiocarbonyl (C=S) groups is 1. The van der Waals surface area contributed by atoms with Gasteiger partial charge in [-0.1, -0.05) is 0 Å². The van der Waals surface area contributed by atoms with Crippen molar-refractivity contribution in [2.24, 2.45) is 0 Å². The average molecular weight is 347 g/mol. The minimum Gasteiger partial charge on any atom is -0.362 e. The van der Waals surface area contributed by atoms with Crippen LogP contribution in [0.3, 0.4) is 0 Å². The molecule has 1 amide bonds. The number of nitrogens with zero attached hydrogens (tertiary/aromatic N) is 2. The summed E-state index contributed by atoms with van der Waals surface area (Å²) in [5.74, 6) is 0.214. The first-order chi connectivity index (χ1) is 11.7. The second kappa shape index (κ2) is 8.44. The van der Waals surface area contributed by atoms with E-state index in [4.69, 9.17) is 12.2 Å². The molecular formula is C18H26N4OS. The van der Waals surface area contributed by atoms with Crippen LogP contribution in [0.1, 0.15) is 32.1 Å². The van der Waals surface area contributed by atoms with Gasteiger partial charge in [-0.05, 0) is 81.8 Å². The van der Waals surface area contributed by atoms with Gasteiger partial charge in [0.15, 0.2) is 5.11 Å². The Morgan fingerprint density at radius 3 is 2.50 bits per heavy atom. The summed E-state index contributed by atoms with van der Waals surface area (Å²) < 4.78 is 0. The van der Waals surface area contributed by atoms with Gasteiger partial charge >= 0.3 is 0 Å². The lowest BCUT2D eigenvalue weighted by Crippen LogP contribution is -2.31. The van der Waals surface area contributed by atoms with Crippen LogP contribution >= 0.6 is 12.2 Å². The lowest BCUT2D eigenvalue weighted by molar-refractivity contribution is -0.117. The molecule has 0 unspecified atom stereocenters. The van der Waals surface area contributed by atoms with Crippen molar-refractivity contribution < 1.29 is 4.79 Å². The summed E-state index contributed by atoms with van der Waals surface area (Å²) in [4.78, 5) is 16.1. The first-order valence-corrected chi connectivity index (χ1v) is 9.31. The quantitative estimate of drug-likeness (QED) is 0.612. The van der Waals surface area contributed by atoms with Crippen molar-refractivity contribution in [1.29, 1.82) is 0 Å². The zero-order valence-corrected chi connectivity index (χ0v) is 14.9. The van der Waals surface area contributed by atoms with Crippen molar-refractivity contribution in [1.82, 2.24) is 10.2 Å². The van der Waals surface area contributed by atoms with Crippen LogP contribution in [0, 0.1) is 0 Å². The molecule has 0 aromatic heterocycles. The third kappa shape index (κ3) is 4.68. The Hall–Kier alpha value is -1.66. The predicted octanol–water partition coefficient (Wildman–Crippen LogP) is 2.59. The number of hydrogen-bond acceptors (Lipinski definition) is 3. The number of anilines is 2. The Morgan fingerprint density at radius 1 is 1.08 bits per heavy atom. The number of hydrogen-bond donors (Lipinski definition) is 2. The maximum absolute atomic E-state index is 11.8. The minimum absolute atomic E-state index is 0.214. The Labute approximate surface area is 149 Å². The van der Waals surface area contributed by atoms with Crippen LogP contribution in [0.4, 0.5) is 11.4 Å². The standard InChI is InChI=1S/C18H26N4OS/c23-17-5-3-14-22(17)16-8-6-15(7-9-16)20-18(24)19-10-4-13-21-11-1-2-12-21/h6-9H,1-5,10-14H2,(H2,19,20,24). The van der Waals surface area contributed by atoms with Crippen LogP contribution in [-0.4, -0.2) is 48.6 Å². The second-order valence-corrected chi connectivity index (χ2v) is 6.89. The summed E-state index contributed by atoms with van der Waals surface area (Å²) >= 11 is 5.34. The van der Waals surface area contributed by atoms with E-state index in [1.807, 2.05) is 29.2 Å². The molecule has 6 heteroatoms. The van der Waals surface area contributed by atoms with E-state index in [0.29, 0.717) is 11.5 Å². The molecule has 2 fully saturated rings. The molecule has 3 rings (SSSR count). The highest BCUT2D eigenvalue weighted by atomic mass is 32.1. The molecule has 130 valence electrons. The fourth-order valence-corrected chi connectivity index (χ4v) is 3.55. The Kier molecular flexibility index (Phi) is 6.04. The Balaban J connectivity index is 1.38. The van der Waals surface area contributed by atoms with Crippen LogP contribution in [0.25, 0.3) is 0 Å². The lowest BCUT2D eigenvalue weighted by atomic mass is 10.2. The van der Waals surface area contributed by atoms with Gasteiger partial charge in [0.25, 0.3) is 0 Å². The molecule has 2 saturated heterocycles. The monoisotopic (exact) mass is 346 g/mol. The van der Waals surface area contributed by atoms with Gasteiger partial charge in [-0.15, -0.1) is 0 Å². The maximum atomic E-state index is 11.8. The van der Waals surface area contributed by atoms with Crippen molar-refractivity contribution in [3.63, 3.8) is 0 Å². The van der Waals surface area contributed by atoms with Crippen LogP contribution in [-0.2, 0) is 4.79 Å². The van der Waals surface area contributed by atoms with E-state index >= 15 is 0 Å². The number of benzene rings is 1. The molecular weight excluding hydrogens is 320 g/mol. The van der Waals surface area contributed by atoms with Crippen LogP contribution in [0.2, 0.25) is 0 Å². The number of rotatable bonds is 6. The lowest BCUT2D eigenvalue weighted by Gasteiger charge is -2.17. The van der Waals surface area contributed by atoms with Crippen molar-refractivity contribution in [3.05, 3.63) is 24.3 Å². The Morgan fingerprint density at radius 2 is 1.83 bits per heavy atom. The SMILES string of the molecule is O=C1CCCN1c1ccc(NC(=S)NCCCN2CCCC2)cc1. The summed E-state index contributed by atoms with van der Waals surface area (Å²) in [7, 11) is 0. The molecule has 2 N–H and O–H groups in total. The highest BCUT2D eigenvalue weighted by Gasteiger charge is 2.21. The van der Waals surface area contributed by atoms with Gasteiger partial charge in [0, 0.05) is 30.9 Å². The minimum atomic E-state index is 0.214. The molecule has 24 heavy (non-hydrogen) atoms. The number of carbonyl (C=O) groups is 1. The first kappa shape index (κ1) is 17.2. The van der Waals surface area contributed by atoms with Crippen LogP contribution in [0.15, 0.2) is 24.3 Å². The molecule has 1 aromatic carbocycles. The van der Waals surface area contributed by atoms with E-state index in [1.165, 1.54) is 25.9 Å². The third-order valence-electron chi connectivity index (χ3n) is 4.65. The van der Waals surface area contributed by atoms with Gasteiger partial charge in [-0.3, -0.25) is 4.79 Å². The Bertz CT molecular complexity index is 569. The van der Waals surface area contributed by atoms with Gasteiger partial charge in [-0.25, -0.2) is 0 Å². The molecule has 0 bridgehead atoms. The van der Waals surface area contributed by atoms with Crippen LogP contribution in [0.5, 0.6) is 0 Å². The van der Waals surface area contributed by atoms with Gasteiger partial charge in [-0.2, -0.15) is 0 Å². The smallest absolute Gasteiger partial charge is 0.227 e. The molecule has 0 atom stereocenters. The topological polar surface area (TPSA) is 47.6 Å². The molecule has 0 aliphatic carbocycles.